The molecule has 0 aliphatic heterocycles. The van der Waals surface area contributed by atoms with Crippen LogP contribution >= 0.6 is 0 Å². The number of hydrogen-bond acceptors (Lipinski definition) is 6. The number of benzene rings is 1. The number of rotatable bonds is 9. The van der Waals surface area contributed by atoms with Crippen LogP contribution in [0.1, 0.15) is 31.1 Å². The standard InChI is InChI=1S/C18H25N3O5/c1-4-5-12-26-14-8-6-13(7-9-14)16(23)20-15(17(24)21-25)18(2,3)19-10-11-22/h6-9,15,19,22,25H,10-12H2,1-3H3,(H,20,23)(H,21,24). The Hall–Kier alpha value is -2.60. The second kappa shape index (κ2) is 10.4. The van der Waals surface area contributed by atoms with Gasteiger partial charge in [0.05, 0.1) is 6.61 Å². The van der Waals surface area contributed by atoms with Gasteiger partial charge in [-0.25, -0.2) is 5.48 Å². The van der Waals surface area contributed by atoms with Gasteiger partial charge in [-0.2, -0.15) is 0 Å². The van der Waals surface area contributed by atoms with E-state index in [2.05, 4.69) is 22.5 Å². The van der Waals surface area contributed by atoms with Crippen molar-refractivity contribution in [3.05, 3.63) is 29.8 Å². The van der Waals surface area contributed by atoms with Crippen LogP contribution in [-0.2, 0) is 4.79 Å². The van der Waals surface area contributed by atoms with E-state index in [1.807, 2.05) is 0 Å². The lowest BCUT2D eigenvalue weighted by molar-refractivity contribution is -0.133. The van der Waals surface area contributed by atoms with Crippen LogP contribution in [0.25, 0.3) is 0 Å². The maximum absolute atomic E-state index is 12.5. The van der Waals surface area contributed by atoms with Crippen LogP contribution in [0.15, 0.2) is 24.3 Å². The van der Waals surface area contributed by atoms with E-state index in [4.69, 9.17) is 15.1 Å². The Morgan fingerprint density at radius 2 is 1.92 bits per heavy atom. The summed E-state index contributed by atoms with van der Waals surface area (Å²) in [5.41, 5.74) is 0.970. The number of ether oxygens (including phenoxy) is 1. The first kappa shape index (κ1) is 21.4. The molecule has 1 unspecified atom stereocenters. The zero-order valence-electron chi connectivity index (χ0n) is 15.1. The van der Waals surface area contributed by atoms with Crippen LogP contribution in [0.4, 0.5) is 0 Å². The Morgan fingerprint density at radius 3 is 2.46 bits per heavy atom. The summed E-state index contributed by atoms with van der Waals surface area (Å²) in [6.07, 6.45) is 0. The highest BCUT2D eigenvalue weighted by atomic mass is 16.5. The summed E-state index contributed by atoms with van der Waals surface area (Å²) in [4.78, 5) is 24.4. The van der Waals surface area contributed by atoms with Gasteiger partial charge in [-0.1, -0.05) is 5.92 Å². The average molecular weight is 363 g/mol. The third-order valence-corrected chi connectivity index (χ3v) is 3.67. The molecule has 2 amide bonds. The fourth-order valence-corrected chi connectivity index (χ4v) is 2.23. The Labute approximate surface area is 152 Å². The van der Waals surface area contributed by atoms with E-state index in [0.717, 1.165) is 0 Å². The van der Waals surface area contributed by atoms with Crippen molar-refractivity contribution in [1.82, 2.24) is 16.1 Å². The molecule has 5 N–H and O–H groups in total. The topological polar surface area (TPSA) is 120 Å². The quantitative estimate of drug-likeness (QED) is 0.240. The van der Waals surface area contributed by atoms with Crippen molar-refractivity contribution in [2.45, 2.75) is 32.4 Å². The van der Waals surface area contributed by atoms with E-state index < -0.39 is 23.4 Å². The molecule has 1 aromatic rings. The monoisotopic (exact) mass is 363 g/mol. The van der Waals surface area contributed by atoms with Crippen molar-refractivity contribution in [2.75, 3.05) is 19.8 Å². The Balaban J connectivity index is 2.85. The molecular weight excluding hydrogens is 338 g/mol. The highest BCUT2D eigenvalue weighted by molar-refractivity contribution is 5.97. The van der Waals surface area contributed by atoms with Crippen molar-refractivity contribution in [2.24, 2.45) is 0 Å². The summed E-state index contributed by atoms with van der Waals surface area (Å²) in [7, 11) is 0. The van der Waals surface area contributed by atoms with Crippen LogP contribution in [0, 0.1) is 11.8 Å². The summed E-state index contributed by atoms with van der Waals surface area (Å²) >= 11 is 0. The molecule has 1 rings (SSSR count). The van der Waals surface area contributed by atoms with Gasteiger partial charge in [0.1, 0.15) is 18.4 Å². The highest BCUT2D eigenvalue weighted by Gasteiger charge is 2.36. The molecule has 1 aromatic carbocycles. The van der Waals surface area contributed by atoms with Crippen LogP contribution in [0.2, 0.25) is 0 Å². The fourth-order valence-electron chi connectivity index (χ4n) is 2.23. The minimum Gasteiger partial charge on any atom is -0.481 e. The van der Waals surface area contributed by atoms with Gasteiger partial charge < -0.3 is 20.5 Å². The lowest BCUT2D eigenvalue weighted by atomic mass is 9.93. The smallest absolute Gasteiger partial charge is 0.267 e. The summed E-state index contributed by atoms with van der Waals surface area (Å²) in [6, 6.07) is 5.31. The SMILES string of the molecule is CC#CCOc1ccc(C(=O)NC(C(=O)NO)C(C)(C)NCCO)cc1. The predicted molar refractivity (Wildman–Crippen MR) is 95.7 cm³/mol. The normalized spacial score (nSPS) is 11.7. The first-order valence-electron chi connectivity index (χ1n) is 8.09. The van der Waals surface area contributed by atoms with E-state index in [-0.39, 0.29) is 19.8 Å². The van der Waals surface area contributed by atoms with E-state index in [1.54, 1.807) is 50.5 Å². The maximum atomic E-state index is 12.5. The van der Waals surface area contributed by atoms with E-state index in [1.165, 1.54) is 0 Å². The molecule has 8 nitrogen and oxygen atoms in total. The van der Waals surface area contributed by atoms with Gasteiger partial charge in [-0.3, -0.25) is 14.8 Å². The zero-order chi connectivity index (χ0) is 19.6. The average Bonchev–Trinajstić information content (AvgIpc) is 2.64. The molecule has 0 saturated heterocycles. The number of carbonyl (C=O) groups excluding carboxylic acids is 2. The number of aliphatic hydroxyl groups excluding tert-OH is 1. The zero-order valence-corrected chi connectivity index (χ0v) is 15.1. The third kappa shape index (κ3) is 6.37. The second-order valence-corrected chi connectivity index (χ2v) is 5.99. The Kier molecular flexibility index (Phi) is 8.58. The second-order valence-electron chi connectivity index (χ2n) is 5.99. The Morgan fingerprint density at radius 1 is 1.27 bits per heavy atom. The number of hydroxylamine groups is 1. The molecule has 0 fully saturated rings. The molecule has 0 aliphatic rings. The molecule has 0 aromatic heterocycles. The van der Waals surface area contributed by atoms with Crippen molar-refractivity contribution < 1.29 is 24.6 Å². The summed E-state index contributed by atoms with van der Waals surface area (Å²) in [5.74, 6) is 4.79. The maximum Gasteiger partial charge on any atom is 0.267 e. The lowest BCUT2D eigenvalue weighted by Crippen LogP contribution is -2.63. The van der Waals surface area contributed by atoms with Crippen LogP contribution in [-0.4, -0.2) is 53.5 Å². The van der Waals surface area contributed by atoms with Crippen LogP contribution in [0.3, 0.4) is 0 Å². The molecule has 0 heterocycles. The molecule has 0 bridgehead atoms. The minimum atomic E-state index is -1.07. The number of nitrogens with one attached hydrogen (secondary N) is 3. The lowest BCUT2D eigenvalue weighted by Gasteiger charge is -2.34. The molecule has 26 heavy (non-hydrogen) atoms. The molecular formula is C18H25N3O5. The van der Waals surface area contributed by atoms with Gasteiger partial charge in [0.25, 0.3) is 11.8 Å². The number of β-amino-alcohol motifs (C(OH)–C–C–N with tert-alkyl or cyclic N) is 1. The summed E-state index contributed by atoms with van der Waals surface area (Å²) < 4.78 is 5.38. The molecule has 8 heteroatoms. The van der Waals surface area contributed by atoms with E-state index >= 15 is 0 Å². The summed E-state index contributed by atoms with van der Waals surface area (Å²) in [5, 5.41) is 23.4. The van der Waals surface area contributed by atoms with Gasteiger partial charge in [-0.05, 0) is 45.0 Å². The third-order valence-electron chi connectivity index (χ3n) is 3.67. The van der Waals surface area contributed by atoms with Gasteiger partial charge in [0.2, 0.25) is 0 Å². The largest absolute Gasteiger partial charge is 0.481 e. The fraction of sp³-hybridized carbons (Fsp3) is 0.444. The number of hydrogen-bond donors (Lipinski definition) is 5. The van der Waals surface area contributed by atoms with Gasteiger partial charge in [0, 0.05) is 17.6 Å². The molecule has 0 aliphatic carbocycles. The summed E-state index contributed by atoms with van der Waals surface area (Å²) in [6.45, 7) is 5.42. The van der Waals surface area contributed by atoms with E-state index in [0.29, 0.717) is 11.3 Å². The molecule has 0 spiro atoms. The molecule has 142 valence electrons. The van der Waals surface area contributed by atoms with Crippen LogP contribution < -0.4 is 20.9 Å². The number of aliphatic hydroxyl groups is 1. The number of amides is 2. The highest BCUT2D eigenvalue weighted by Crippen LogP contribution is 2.14. The van der Waals surface area contributed by atoms with Crippen LogP contribution in [0.5, 0.6) is 5.75 Å². The minimum absolute atomic E-state index is 0.130. The first-order valence-corrected chi connectivity index (χ1v) is 8.09. The Bertz CT molecular complexity index is 662. The van der Waals surface area contributed by atoms with E-state index in [9.17, 15) is 9.59 Å². The van der Waals surface area contributed by atoms with Gasteiger partial charge >= 0.3 is 0 Å². The first-order chi connectivity index (χ1) is 12.4. The van der Waals surface area contributed by atoms with Gasteiger partial charge in [0.15, 0.2) is 0 Å². The van der Waals surface area contributed by atoms with Crippen molar-refractivity contribution >= 4 is 11.8 Å². The predicted octanol–water partition coefficient (Wildman–Crippen LogP) is 0.0530. The van der Waals surface area contributed by atoms with Gasteiger partial charge in [-0.15, -0.1) is 5.92 Å². The number of carbonyl (C=O) groups is 2. The van der Waals surface area contributed by atoms with Crippen molar-refractivity contribution in [1.29, 1.82) is 0 Å². The molecule has 0 saturated carbocycles. The molecule has 0 radical (unpaired) electrons. The van der Waals surface area contributed by atoms with Crippen molar-refractivity contribution in [3.8, 4) is 17.6 Å². The van der Waals surface area contributed by atoms with Crippen molar-refractivity contribution in [3.63, 3.8) is 0 Å². The molecule has 1 atom stereocenters.